The molecular formula is C19H16BrN4NaO2. The number of carboxylic acid groups (broad SMARTS) is 1. The van der Waals surface area contributed by atoms with Gasteiger partial charge in [-0.25, -0.2) is 4.68 Å². The molecule has 0 saturated carbocycles. The zero-order valence-corrected chi connectivity index (χ0v) is 18.5. The first-order chi connectivity index (χ1) is 12.6. The minimum absolute atomic E-state index is 0. The predicted octanol–water partition coefficient (Wildman–Crippen LogP) is -1.12. The predicted molar refractivity (Wildman–Crippen MR) is 98.3 cm³/mol. The number of carbonyl (C=O) groups is 1. The van der Waals surface area contributed by atoms with Crippen LogP contribution >= 0.6 is 15.9 Å². The number of likely N-dealkylation sites (tertiary alicyclic amines) is 1. The van der Waals surface area contributed by atoms with E-state index in [1.165, 1.54) is 0 Å². The van der Waals surface area contributed by atoms with Gasteiger partial charge in [-0.05, 0) is 29.8 Å². The van der Waals surface area contributed by atoms with Crippen molar-refractivity contribution in [2.24, 2.45) is 5.92 Å². The van der Waals surface area contributed by atoms with Gasteiger partial charge in [-0.2, -0.15) is 0 Å². The molecule has 1 aliphatic rings. The fourth-order valence-corrected chi connectivity index (χ4v) is 3.27. The molecule has 8 heteroatoms. The quantitative estimate of drug-likeness (QED) is 0.475. The second-order valence-corrected chi connectivity index (χ2v) is 7.35. The summed E-state index contributed by atoms with van der Waals surface area (Å²) in [5, 5.41) is 19.2. The number of carboxylic acids is 1. The van der Waals surface area contributed by atoms with Crippen molar-refractivity contribution in [2.75, 3.05) is 13.1 Å². The molecule has 1 fully saturated rings. The van der Waals surface area contributed by atoms with Gasteiger partial charge in [0.1, 0.15) is 5.69 Å². The summed E-state index contributed by atoms with van der Waals surface area (Å²) < 4.78 is 2.77. The molecule has 0 bridgehead atoms. The molecule has 4 rings (SSSR count). The van der Waals surface area contributed by atoms with Crippen LogP contribution in [-0.4, -0.2) is 39.0 Å². The number of nitrogens with zero attached hydrogens (tertiary/aromatic N) is 4. The Morgan fingerprint density at radius 2 is 1.78 bits per heavy atom. The Morgan fingerprint density at radius 1 is 1.11 bits per heavy atom. The van der Waals surface area contributed by atoms with Crippen molar-refractivity contribution >= 4 is 21.9 Å². The van der Waals surface area contributed by atoms with Crippen LogP contribution in [0.25, 0.3) is 16.9 Å². The zero-order valence-electron chi connectivity index (χ0n) is 14.9. The van der Waals surface area contributed by atoms with E-state index in [9.17, 15) is 9.90 Å². The number of halogens is 1. The monoisotopic (exact) mass is 434 g/mol. The maximum atomic E-state index is 10.7. The fraction of sp³-hybridized carbons (Fsp3) is 0.211. The van der Waals surface area contributed by atoms with E-state index >= 15 is 0 Å². The molecular weight excluding hydrogens is 419 g/mol. The van der Waals surface area contributed by atoms with E-state index in [1.807, 2.05) is 54.7 Å². The standard InChI is InChI=1S/C19H17BrN4O2.Na/c20-16-5-3-14(4-6-16)18-12-24(22-21-18)17-7-1-13(2-8-17)9-23-10-15(11-23)19(25)26;/h1-8,12,15H,9-11H2,(H,25,26);/q;+1/p-1. The van der Waals surface area contributed by atoms with Crippen LogP contribution in [0.1, 0.15) is 5.56 Å². The van der Waals surface area contributed by atoms with Crippen LogP contribution < -0.4 is 34.7 Å². The van der Waals surface area contributed by atoms with Gasteiger partial charge in [0.25, 0.3) is 0 Å². The van der Waals surface area contributed by atoms with E-state index in [-0.39, 0.29) is 35.5 Å². The number of aromatic nitrogens is 3. The van der Waals surface area contributed by atoms with Gasteiger partial charge in [-0.15, -0.1) is 5.10 Å². The van der Waals surface area contributed by atoms with Crippen LogP contribution in [0, 0.1) is 5.92 Å². The van der Waals surface area contributed by atoms with Gasteiger partial charge in [0.15, 0.2) is 0 Å². The van der Waals surface area contributed by atoms with Gasteiger partial charge in [-0.1, -0.05) is 45.4 Å². The third-order valence-corrected chi connectivity index (χ3v) is 5.06. The maximum absolute atomic E-state index is 10.7. The van der Waals surface area contributed by atoms with E-state index in [0.29, 0.717) is 13.1 Å². The SMILES string of the molecule is O=C([O-])C1CN(Cc2ccc(-n3cc(-c4ccc(Br)cc4)nn3)cc2)C1.[Na+]. The van der Waals surface area contributed by atoms with Gasteiger partial charge < -0.3 is 9.90 Å². The summed E-state index contributed by atoms with van der Waals surface area (Å²) in [6, 6.07) is 16.0. The number of benzene rings is 2. The largest absolute Gasteiger partial charge is 1.00 e. The minimum Gasteiger partial charge on any atom is -0.550 e. The van der Waals surface area contributed by atoms with Crippen molar-refractivity contribution in [3.63, 3.8) is 0 Å². The molecule has 3 aromatic rings. The summed E-state index contributed by atoms with van der Waals surface area (Å²) >= 11 is 3.43. The Balaban J connectivity index is 0.00000210. The summed E-state index contributed by atoms with van der Waals surface area (Å²) in [5.74, 6) is -1.29. The second kappa shape index (κ2) is 8.67. The molecule has 0 unspecified atom stereocenters. The Kier molecular flexibility index (Phi) is 6.49. The molecule has 0 aliphatic carbocycles. The van der Waals surface area contributed by atoms with E-state index in [2.05, 4.69) is 31.1 Å². The Hall–Kier alpha value is -1.51. The third kappa shape index (κ3) is 4.67. The van der Waals surface area contributed by atoms with Crippen LogP contribution in [0.3, 0.4) is 0 Å². The molecule has 2 aromatic carbocycles. The second-order valence-electron chi connectivity index (χ2n) is 6.43. The molecule has 1 saturated heterocycles. The molecule has 0 radical (unpaired) electrons. The van der Waals surface area contributed by atoms with E-state index in [1.54, 1.807) is 4.68 Å². The zero-order chi connectivity index (χ0) is 18.1. The number of aliphatic carboxylic acids is 1. The fourth-order valence-electron chi connectivity index (χ4n) is 3.00. The molecule has 0 N–H and O–H groups in total. The van der Waals surface area contributed by atoms with Crippen molar-refractivity contribution in [3.8, 4) is 16.9 Å². The molecule has 0 spiro atoms. The van der Waals surface area contributed by atoms with Crippen LogP contribution in [0.4, 0.5) is 0 Å². The topological polar surface area (TPSA) is 74.1 Å². The van der Waals surface area contributed by atoms with Gasteiger partial charge >= 0.3 is 29.6 Å². The molecule has 1 aromatic heterocycles. The van der Waals surface area contributed by atoms with Gasteiger partial charge in [-0.3, -0.25) is 4.90 Å². The number of hydrogen-bond acceptors (Lipinski definition) is 5. The first-order valence-corrected chi connectivity index (χ1v) is 9.08. The third-order valence-electron chi connectivity index (χ3n) is 4.53. The summed E-state index contributed by atoms with van der Waals surface area (Å²) in [7, 11) is 0. The number of rotatable bonds is 5. The smallest absolute Gasteiger partial charge is 0.550 e. The first kappa shape index (κ1) is 20.2. The average molecular weight is 435 g/mol. The van der Waals surface area contributed by atoms with Crippen molar-refractivity contribution in [1.82, 2.24) is 19.9 Å². The van der Waals surface area contributed by atoms with Crippen LogP contribution in [0.2, 0.25) is 0 Å². The van der Waals surface area contributed by atoms with E-state index < -0.39 is 5.97 Å². The number of hydrogen-bond donors (Lipinski definition) is 0. The van der Waals surface area contributed by atoms with Gasteiger partial charge in [0.05, 0.1) is 11.9 Å². The normalized spacial score (nSPS) is 14.4. The molecule has 1 aliphatic heterocycles. The molecule has 2 heterocycles. The first-order valence-electron chi connectivity index (χ1n) is 8.29. The van der Waals surface area contributed by atoms with Crippen LogP contribution in [0.15, 0.2) is 59.2 Å². The molecule has 27 heavy (non-hydrogen) atoms. The Labute approximate surface area is 187 Å². The summed E-state index contributed by atoms with van der Waals surface area (Å²) in [6.45, 7) is 1.86. The molecule has 6 nitrogen and oxygen atoms in total. The van der Waals surface area contributed by atoms with E-state index in [4.69, 9.17) is 0 Å². The van der Waals surface area contributed by atoms with Crippen molar-refractivity contribution in [3.05, 3.63) is 64.8 Å². The summed E-state index contributed by atoms with van der Waals surface area (Å²) in [4.78, 5) is 12.8. The Bertz CT molecular complexity index is 922. The minimum atomic E-state index is -0.954. The molecule has 0 atom stereocenters. The molecule has 0 amide bonds. The van der Waals surface area contributed by atoms with Crippen LogP contribution in [-0.2, 0) is 11.3 Å². The summed E-state index contributed by atoms with van der Waals surface area (Å²) in [6.07, 6.45) is 1.90. The van der Waals surface area contributed by atoms with Crippen molar-refractivity contribution in [1.29, 1.82) is 0 Å². The van der Waals surface area contributed by atoms with E-state index in [0.717, 1.165) is 33.5 Å². The van der Waals surface area contributed by atoms with Crippen molar-refractivity contribution in [2.45, 2.75) is 6.54 Å². The van der Waals surface area contributed by atoms with Gasteiger partial charge in [0.2, 0.25) is 0 Å². The van der Waals surface area contributed by atoms with Crippen molar-refractivity contribution < 1.29 is 39.5 Å². The maximum Gasteiger partial charge on any atom is 1.00 e. The number of carbonyl (C=O) groups excluding carboxylic acids is 1. The summed E-state index contributed by atoms with van der Waals surface area (Å²) in [5.41, 5.74) is 3.89. The molecule has 132 valence electrons. The van der Waals surface area contributed by atoms with Gasteiger partial charge in [0, 0.05) is 41.6 Å². The Morgan fingerprint density at radius 3 is 2.41 bits per heavy atom. The average Bonchev–Trinajstić information content (AvgIpc) is 3.08. The van der Waals surface area contributed by atoms with Crippen LogP contribution in [0.5, 0.6) is 0 Å².